The third-order valence-corrected chi connectivity index (χ3v) is 1.66. The van der Waals surface area contributed by atoms with Crippen LogP contribution in [0.2, 0.25) is 0 Å². The molecule has 0 amide bonds. The minimum Gasteiger partial charge on any atom is -0.0500 e. The van der Waals surface area contributed by atoms with Crippen molar-refractivity contribution in [3.05, 3.63) is 0 Å². The van der Waals surface area contributed by atoms with Crippen molar-refractivity contribution in [3.63, 3.8) is 0 Å². The van der Waals surface area contributed by atoms with E-state index in [1.54, 1.807) is 0 Å². The molecule has 0 aliphatic carbocycles. The summed E-state index contributed by atoms with van der Waals surface area (Å²) < 4.78 is 2.00. The summed E-state index contributed by atoms with van der Waals surface area (Å²) in [4.78, 5) is 0. The summed E-state index contributed by atoms with van der Waals surface area (Å²) in [5.74, 6) is 0. The Labute approximate surface area is 39.6 Å². The van der Waals surface area contributed by atoms with Gasteiger partial charge in [0.1, 0.15) is 0 Å². The molecule has 0 saturated heterocycles. The SMILES string of the molecule is CC=ICl. The molecule has 0 bridgehead atoms. The van der Waals surface area contributed by atoms with Crippen LogP contribution in [0.15, 0.2) is 0 Å². The quantitative estimate of drug-likeness (QED) is 0.512. The summed E-state index contributed by atoms with van der Waals surface area (Å²) in [7, 11) is 5.24. The maximum Gasteiger partial charge on any atom is -0.0145 e. The van der Waals surface area contributed by atoms with Gasteiger partial charge in [0.2, 0.25) is 0 Å². The lowest BCUT2D eigenvalue weighted by molar-refractivity contribution is 2.15. The van der Waals surface area contributed by atoms with E-state index in [1.807, 2.05) is 10.9 Å². The van der Waals surface area contributed by atoms with Gasteiger partial charge in [-0.15, -0.1) is 0 Å². The van der Waals surface area contributed by atoms with Crippen LogP contribution in [0.1, 0.15) is 6.92 Å². The molecule has 2 heteroatoms. The van der Waals surface area contributed by atoms with E-state index < -0.39 is 0 Å². The monoisotopic (exact) mass is 190 g/mol. The molecular weight excluding hydrogens is 186 g/mol. The van der Waals surface area contributed by atoms with E-state index in [4.69, 9.17) is 8.91 Å². The van der Waals surface area contributed by atoms with E-state index in [0.29, 0.717) is 0 Å². The standard InChI is InChI=1S/C2H4ClI/c1-2-4-3/h2H,1H3. The van der Waals surface area contributed by atoms with Crippen molar-refractivity contribution in [3.8, 4) is 0 Å². The number of rotatable bonds is 0. The Balaban J connectivity index is 2.55. The molecule has 26 valence electrons. The summed E-state index contributed by atoms with van der Waals surface area (Å²) in [5.41, 5.74) is 0. The highest BCUT2D eigenvalue weighted by Gasteiger charge is 1.38. The van der Waals surface area contributed by atoms with E-state index in [-0.39, 0.29) is 19.6 Å². The smallest absolute Gasteiger partial charge is 0.0145 e. The van der Waals surface area contributed by atoms with Gasteiger partial charge in [-0.05, 0) is 30.5 Å². The lowest BCUT2D eigenvalue weighted by atomic mass is 11.0. The second-order valence-corrected chi connectivity index (χ2v) is 3.12. The van der Waals surface area contributed by atoms with Crippen molar-refractivity contribution in [2.45, 2.75) is 6.92 Å². The number of hydrogen-bond acceptors (Lipinski definition) is 0. The summed E-state index contributed by atoms with van der Waals surface area (Å²) in [6.45, 7) is 1.97. The van der Waals surface area contributed by atoms with Crippen LogP contribution in [0.5, 0.6) is 0 Å². The Bertz CT molecular complexity index is 21.2. The molecule has 0 aromatic rings. The molecule has 0 aliphatic rings. The predicted molar refractivity (Wildman–Crippen MR) is 31.6 cm³/mol. The molecule has 0 saturated carbocycles. The Morgan fingerprint density at radius 2 is 2.25 bits per heavy atom. The fraction of sp³-hybridized carbons (Fsp3) is 0.500. The zero-order valence-corrected chi connectivity index (χ0v) is 5.25. The minimum absolute atomic E-state index is 0.0422. The van der Waals surface area contributed by atoms with Crippen molar-refractivity contribution in [1.29, 1.82) is 0 Å². The van der Waals surface area contributed by atoms with Gasteiger partial charge in [-0.2, -0.15) is 0 Å². The molecule has 0 heterocycles. The Morgan fingerprint density at radius 3 is 2.25 bits per heavy atom. The first-order chi connectivity index (χ1) is 1.91. The first-order valence-corrected chi connectivity index (χ1v) is 4.92. The van der Waals surface area contributed by atoms with Gasteiger partial charge in [0, 0.05) is 0 Å². The molecule has 4 heavy (non-hydrogen) atoms. The summed E-state index contributed by atoms with van der Waals surface area (Å²) in [6.07, 6.45) is 0. The Hall–Kier alpha value is 0.890. The van der Waals surface area contributed by atoms with Gasteiger partial charge in [0.15, 0.2) is 0 Å². The van der Waals surface area contributed by atoms with Crippen molar-refractivity contribution in [2.24, 2.45) is 0 Å². The van der Waals surface area contributed by atoms with Crippen molar-refractivity contribution < 1.29 is 0 Å². The first-order valence-electron chi connectivity index (χ1n) is 0.938. The van der Waals surface area contributed by atoms with E-state index in [2.05, 4.69) is 0 Å². The molecule has 0 unspecified atom stereocenters. The maximum absolute atomic E-state index is 5.24. The van der Waals surface area contributed by atoms with Crippen LogP contribution in [0.25, 0.3) is 0 Å². The van der Waals surface area contributed by atoms with Gasteiger partial charge in [0.05, 0.1) is 0 Å². The molecule has 0 aromatic heterocycles. The van der Waals surface area contributed by atoms with Crippen LogP contribution in [0, 0.1) is 0 Å². The fourth-order valence-electron chi connectivity index (χ4n) is 0. The van der Waals surface area contributed by atoms with Crippen LogP contribution in [0.3, 0.4) is 0 Å². The molecule has 0 aliphatic heterocycles. The van der Waals surface area contributed by atoms with Crippen LogP contribution in [-0.2, 0) is 0 Å². The van der Waals surface area contributed by atoms with Crippen LogP contribution in [-0.4, -0.2) is 4.01 Å². The zero-order chi connectivity index (χ0) is 3.41. The molecule has 0 fully saturated rings. The minimum atomic E-state index is -0.0422. The van der Waals surface area contributed by atoms with Crippen LogP contribution in [0.4, 0.5) is 0 Å². The normalized spacial score (nSPS) is 11.5. The highest BCUT2D eigenvalue weighted by atomic mass is 127. The van der Waals surface area contributed by atoms with Gasteiger partial charge in [-0.1, -0.05) is 8.91 Å². The van der Waals surface area contributed by atoms with Gasteiger partial charge in [-0.25, -0.2) is 0 Å². The molecule has 0 N–H and O–H groups in total. The highest BCUT2D eigenvalue weighted by Crippen LogP contribution is 1.97. The molecular formula is C2H4ClI. The van der Waals surface area contributed by atoms with Crippen molar-refractivity contribution >= 4 is 32.5 Å². The second kappa shape index (κ2) is 3.89. The maximum atomic E-state index is 5.24. The molecule has 0 rings (SSSR count). The largest absolute Gasteiger partial charge is 0.0500 e. The van der Waals surface area contributed by atoms with Crippen molar-refractivity contribution in [2.75, 3.05) is 0 Å². The molecule has 0 aromatic carbocycles. The first kappa shape index (κ1) is 4.89. The summed E-state index contributed by atoms with van der Waals surface area (Å²) in [6, 6.07) is 0. The third-order valence-electron chi connectivity index (χ3n) is 0.0825. The third kappa shape index (κ3) is 2.89. The zero-order valence-electron chi connectivity index (χ0n) is 2.33. The average Bonchev–Trinajstić information content (AvgIpc) is 1.37. The average molecular weight is 190 g/mol. The highest BCUT2D eigenvalue weighted by molar-refractivity contribution is 14.2. The summed E-state index contributed by atoms with van der Waals surface area (Å²) >= 11 is -0.0422. The lowest BCUT2D eigenvalue weighted by Gasteiger charge is -1.45. The van der Waals surface area contributed by atoms with Gasteiger partial charge < -0.3 is 0 Å². The summed E-state index contributed by atoms with van der Waals surface area (Å²) in [5, 5.41) is 0. The fourth-order valence-corrected chi connectivity index (χ4v) is 0. The Kier molecular flexibility index (Phi) is 4.76. The van der Waals surface area contributed by atoms with E-state index in [9.17, 15) is 0 Å². The molecule has 0 spiro atoms. The van der Waals surface area contributed by atoms with E-state index in [1.165, 1.54) is 0 Å². The predicted octanol–water partition coefficient (Wildman–Crippen LogP) is 1.93. The van der Waals surface area contributed by atoms with Gasteiger partial charge >= 0.3 is 0 Å². The molecule has 0 atom stereocenters. The molecule has 0 radical (unpaired) electrons. The van der Waals surface area contributed by atoms with Crippen molar-refractivity contribution in [1.82, 2.24) is 0 Å². The second-order valence-electron chi connectivity index (χ2n) is 0.301. The Morgan fingerprint density at radius 1 is 2.00 bits per heavy atom. The topological polar surface area (TPSA) is 0 Å². The number of halogens is 2. The number of hydrogen-bond donors (Lipinski definition) is 0. The van der Waals surface area contributed by atoms with Crippen LogP contribution < -0.4 is 0 Å². The lowest BCUT2D eigenvalue weighted by Crippen LogP contribution is -1.28. The van der Waals surface area contributed by atoms with Gasteiger partial charge in [-0.3, -0.25) is 0 Å². The van der Waals surface area contributed by atoms with E-state index in [0.717, 1.165) is 0 Å². The molecule has 0 nitrogen and oxygen atoms in total. The van der Waals surface area contributed by atoms with E-state index >= 15 is 0 Å². The van der Waals surface area contributed by atoms with Crippen LogP contribution >= 0.6 is 28.5 Å². The van der Waals surface area contributed by atoms with Gasteiger partial charge in [0.25, 0.3) is 0 Å².